The molecule has 2 aromatic rings. The lowest BCUT2D eigenvalue weighted by molar-refractivity contribution is -0.0862. The quantitative estimate of drug-likeness (QED) is 0.522. The van der Waals surface area contributed by atoms with Gasteiger partial charge in [-0.1, -0.05) is 35.5 Å². The molecule has 1 N–H and O–H groups in total. The average molecular weight is 327 g/mol. The number of carbonyl (C=O) groups excluding carboxylic acids is 1. The molecule has 2 aromatic carbocycles. The number of ether oxygens (including phenoxy) is 1. The number of hydroxylamine groups is 2. The van der Waals surface area contributed by atoms with Gasteiger partial charge in [0.1, 0.15) is 19.2 Å². The first-order chi connectivity index (χ1) is 11.8. The topological polar surface area (TPSA) is 72.4 Å². The molecular formula is C17H17N3O4. The van der Waals surface area contributed by atoms with Crippen molar-refractivity contribution in [2.24, 2.45) is 11.1 Å². The zero-order valence-electron chi connectivity index (χ0n) is 13.1. The Balaban J connectivity index is 1.75. The SMILES string of the molecule is CON=CNC(=O)N1OC[C@@H]2COc3ccc4ccccc4c3[C@@H]21. The molecule has 0 saturated carbocycles. The van der Waals surface area contributed by atoms with Crippen molar-refractivity contribution in [3.05, 3.63) is 42.0 Å². The van der Waals surface area contributed by atoms with E-state index in [1.165, 1.54) is 18.5 Å². The van der Waals surface area contributed by atoms with Crippen molar-refractivity contribution in [1.29, 1.82) is 0 Å². The molecular weight excluding hydrogens is 310 g/mol. The predicted octanol–water partition coefficient (Wildman–Crippen LogP) is 2.44. The second-order valence-corrected chi connectivity index (χ2v) is 5.70. The summed E-state index contributed by atoms with van der Waals surface area (Å²) in [5, 5.41) is 9.61. The van der Waals surface area contributed by atoms with Crippen LogP contribution in [0.1, 0.15) is 11.6 Å². The van der Waals surface area contributed by atoms with E-state index in [9.17, 15) is 4.79 Å². The van der Waals surface area contributed by atoms with Crippen LogP contribution >= 0.6 is 0 Å². The summed E-state index contributed by atoms with van der Waals surface area (Å²) in [6.07, 6.45) is 1.20. The van der Waals surface area contributed by atoms with E-state index in [4.69, 9.17) is 9.57 Å². The summed E-state index contributed by atoms with van der Waals surface area (Å²) in [7, 11) is 1.41. The molecule has 7 heteroatoms. The Bertz CT molecular complexity index is 808. The normalized spacial score (nSPS) is 22.1. The van der Waals surface area contributed by atoms with E-state index in [-0.39, 0.29) is 18.0 Å². The fourth-order valence-corrected chi connectivity index (χ4v) is 3.32. The molecule has 0 aromatic heterocycles. The van der Waals surface area contributed by atoms with E-state index in [2.05, 4.69) is 15.3 Å². The highest BCUT2D eigenvalue weighted by atomic mass is 16.7. The van der Waals surface area contributed by atoms with E-state index in [0.29, 0.717) is 13.2 Å². The van der Waals surface area contributed by atoms with Gasteiger partial charge in [0.15, 0.2) is 0 Å². The van der Waals surface area contributed by atoms with Crippen LogP contribution in [-0.4, -0.2) is 37.8 Å². The van der Waals surface area contributed by atoms with Gasteiger partial charge in [-0.2, -0.15) is 5.06 Å². The van der Waals surface area contributed by atoms with Gasteiger partial charge in [0.25, 0.3) is 0 Å². The molecule has 7 nitrogen and oxygen atoms in total. The van der Waals surface area contributed by atoms with E-state index < -0.39 is 0 Å². The third-order valence-electron chi connectivity index (χ3n) is 4.35. The van der Waals surface area contributed by atoms with Crippen molar-refractivity contribution in [1.82, 2.24) is 10.4 Å². The van der Waals surface area contributed by atoms with Gasteiger partial charge in [-0.25, -0.2) is 4.79 Å². The van der Waals surface area contributed by atoms with Crippen molar-refractivity contribution in [2.45, 2.75) is 6.04 Å². The molecule has 2 atom stereocenters. The Hall–Kier alpha value is -2.80. The smallest absolute Gasteiger partial charge is 0.347 e. The largest absolute Gasteiger partial charge is 0.493 e. The Morgan fingerprint density at radius 3 is 3.08 bits per heavy atom. The third kappa shape index (κ3) is 2.33. The molecule has 0 radical (unpaired) electrons. The highest BCUT2D eigenvalue weighted by Crippen LogP contribution is 2.46. The molecule has 0 bridgehead atoms. The van der Waals surface area contributed by atoms with Crippen LogP contribution in [-0.2, 0) is 9.68 Å². The second-order valence-electron chi connectivity index (χ2n) is 5.70. The monoisotopic (exact) mass is 327 g/mol. The predicted molar refractivity (Wildman–Crippen MR) is 87.5 cm³/mol. The maximum atomic E-state index is 12.4. The number of fused-ring (bicyclic) bond motifs is 5. The minimum absolute atomic E-state index is 0.0911. The Kier molecular flexibility index (Phi) is 3.70. The average Bonchev–Trinajstić information content (AvgIpc) is 3.05. The van der Waals surface area contributed by atoms with Crippen molar-refractivity contribution >= 4 is 23.1 Å². The van der Waals surface area contributed by atoms with Crippen LogP contribution in [0.25, 0.3) is 10.8 Å². The third-order valence-corrected chi connectivity index (χ3v) is 4.35. The number of hydrogen-bond acceptors (Lipinski definition) is 5. The molecule has 2 heterocycles. The van der Waals surface area contributed by atoms with Crippen molar-refractivity contribution in [2.75, 3.05) is 20.3 Å². The molecule has 4 rings (SSSR count). The lowest BCUT2D eigenvalue weighted by atomic mass is 9.88. The van der Waals surface area contributed by atoms with E-state index in [1.807, 2.05) is 36.4 Å². The molecule has 24 heavy (non-hydrogen) atoms. The summed E-state index contributed by atoms with van der Waals surface area (Å²) in [5.74, 6) is 0.886. The highest BCUT2D eigenvalue weighted by molar-refractivity contribution is 5.90. The van der Waals surface area contributed by atoms with E-state index >= 15 is 0 Å². The Morgan fingerprint density at radius 2 is 2.21 bits per heavy atom. The maximum absolute atomic E-state index is 12.4. The first kappa shape index (κ1) is 14.8. The zero-order valence-corrected chi connectivity index (χ0v) is 13.1. The molecule has 2 aliphatic rings. The van der Waals surface area contributed by atoms with Crippen molar-refractivity contribution in [3.8, 4) is 5.75 Å². The lowest BCUT2D eigenvalue weighted by Gasteiger charge is -2.32. The second kappa shape index (κ2) is 6.01. The number of nitrogens with zero attached hydrogens (tertiary/aromatic N) is 2. The maximum Gasteiger partial charge on any atom is 0.347 e. The van der Waals surface area contributed by atoms with Gasteiger partial charge in [0.2, 0.25) is 0 Å². The molecule has 2 aliphatic heterocycles. The molecule has 0 aliphatic carbocycles. The number of amides is 2. The number of nitrogens with one attached hydrogen (secondary N) is 1. The summed E-state index contributed by atoms with van der Waals surface area (Å²) < 4.78 is 5.89. The molecule has 2 amide bonds. The number of hydrogen-bond donors (Lipinski definition) is 1. The van der Waals surface area contributed by atoms with Crippen LogP contribution in [0.4, 0.5) is 4.79 Å². The summed E-state index contributed by atoms with van der Waals surface area (Å²) in [5.41, 5.74) is 0.987. The van der Waals surface area contributed by atoms with Crippen LogP contribution in [0, 0.1) is 5.92 Å². The van der Waals surface area contributed by atoms with Gasteiger partial charge < -0.3 is 9.57 Å². The summed E-state index contributed by atoms with van der Waals surface area (Å²) in [6.45, 7) is 0.952. The van der Waals surface area contributed by atoms with Gasteiger partial charge >= 0.3 is 6.03 Å². The molecule has 1 saturated heterocycles. The van der Waals surface area contributed by atoms with Gasteiger partial charge in [-0.15, -0.1) is 0 Å². The van der Waals surface area contributed by atoms with E-state index in [0.717, 1.165) is 22.1 Å². The molecule has 124 valence electrons. The first-order valence-corrected chi connectivity index (χ1v) is 7.71. The summed E-state index contributed by atoms with van der Waals surface area (Å²) in [6, 6.07) is 11.5. The number of oxime groups is 1. The number of urea groups is 1. The minimum atomic E-state index is -0.385. The summed E-state index contributed by atoms with van der Waals surface area (Å²) >= 11 is 0. The molecule has 0 unspecified atom stereocenters. The van der Waals surface area contributed by atoms with Gasteiger partial charge in [-0.05, 0) is 16.8 Å². The van der Waals surface area contributed by atoms with Gasteiger partial charge in [0, 0.05) is 11.5 Å². The van der Waals surface area contributed by atoms with Crippen LogP contribution < -0.4 is 10.1 Å². The standard InChI is InChI=1S/C17H17N3O4/c1-22-19-10-18-17(21)20-16-12(9-24-20)8-23-14-7-6-11-4-2-3-5-13(11)15(14)16/h2-7,10,12,16H,8-9H2,1H3,(H,18,19,21)/t12-,16+/m0/s1. The van der Waals surface area contributed by atoms with Crippen LogP contribution in [0.5, 0.6) is 5.75 Å². The van der Waals surface area contributed by atoms with Crippen molar-refractivity contribution < 1.29 is 19.2 Å². The number of rotatable bonds is 2. The zero-order chi connectivity index (χ0) is 16.5. The van der Waals surface area contributed by atoms with Crippen LogP contribution in [0.15, 0.2) is 41.6 Å². The Morgan fingerprint density at radius 1 is 1.33 bits per heavy atom. The van der Waals surface area contributed by atoms with Gasteiger partial charge in [-0.3, -0.25) is 10.2 Å². The number of carbonyl (C=O) groups is 1. The van der Waals surface area contributed by atoms with Crippen LogP contribution in [0.3, 0.4) is 0 Å². The summed E-state index contributed by atoms with van der Waals surface area (Å²) in [4.78, 5) is 22.6. The highest BCUT2D eigenvalue weighted by Gasteiger charge is 2.45. The molecule has 0 spiro atoms. The number of benzene rings is 2. The van der Waals surface area contributed by atoms with E-state index in [1.54, 1.807) is 0 Å². The van der Waals surface area contributed by atoms with Crippen molar-refractivity contribution in [3.63, 3.8) is 0 Å². The fraction of sp³-hybridized carbons (Fsp3) is 0.294. The van der Waals surface area contributed by atoms with Crippen LogP contribution in [0.2, 0.25) is 0 Å². The Labute approximate surface area is 138 Å². The first-order valence-electron chi connectivity index (χ1n) is 7.71. The molecule has 1 fully saturated rings. The lowest BCUT2D eigenvalue weighted by Crippen LogP contribution is -2.40. The minimum Gasteiger partial charge on any atom is -0.493 e. The fourth-order valence-electron chi connectivity index (χ4n) is 3.32. The van der Waals surface area contributed by atoms with Gasteiger partial charge in [0.05, 0.1) is 19.3 Å².